The third kappa shape index (κ3) is 2.88. The predicted octanol–water partition coefficient (Wildman–Crippen LogP) is 2.69. The minimum Gasteiger partial charge on any atom is -0.398 e. The van der Waals surface area contributed by atoms with Gasteiger partial charge in [-0.15, -0.1) is 0 Å². The quantitative estimate of drug-likeness (QED) is 0.847. The van der Waals surface area contributed by atoms with Crippen LogP contribution in [0.25, 0.3) is 0 Å². The van der Waals surface area contributed by atoms with Gasteiger partial charge in [0, 0.05) is 11.4 Å². The van der Waals surface area contributed by atoms with Crippen LogP contribution in [-0.2, 0) is 10.0 Å². The Hall–Kier alpha value is -2.01. The Kier molecular flexibility index (Phi) is 3.48. The minimum absolute atomic E-state index is 0.178. The van der Waals surface area contributed by atoms with Crippen molar-refractivity contribution in [3.05, 3.63) is 53.6 Å². The van der Waals surface area contributed by atoms with E-state index in [2.05, 4.69) is 4.72 Å². The first kappa shape index (κ1) is 13.4. The Morgan fingerprint density at radius 3 is 2.26 bits per heavy atom. The van der Waals surface area contributed by atoms with Crippen molar-refractivity contribution in [3.63, 3.8) is 0 Å². The number of hydrogen-bond donors (Lipinski definition) is 2. The number of aryl methyl sites for hydroxylation is 1. The smallest absolute Gasteiger partial charge is 0.261 e. The van der Waals surface area contributed by atoms with Gasteiger partial charge in [-0.25, -0.2) is 8.42 Å². The van der Waals surface area contributed by atoms with Crippen molar-refractivity contribution in [3.8, 4) is 0 Å². The van der Waals surface area contributed by atoms with Crippen molar-refractivity contribution < 1.29 is 8.42 Å². The van der Waals surface area contributed by atoms with Crippen LogP contribution in [0, 0.1) is 13.8 Å². The van der Waals surface area contributed by atoms with Crippen LogP contribution >= 0.6 is 0 Å². The number of para-hydroxylation sites is 1. The first-order valence-electron chi connectivity index (χ1n) is 5.85. The molecule has 0 unspecified atom stereocenters. The molecule has 2 aromatic carbocycles. The van der Waals surface area contributed by atoms with Crippen molar-refractivity contribution in [2.24, 2.45) is 0 Å². The summed E-state index contributed by atoms with van der Waals surface area (Å²) < 4.78 is 27.0. The summed E-state index contributed by atoms with van der Waals surface area (Å²) in [6.07, 6.45) is 0. The lowest BCUT2D eigenvalue weighted by atomic mass is 10.1. The summed E-state index contributed by atoms with van der Waals surface area (Å²) >= 11 is 0. The van der Waals surface area contributed by atoms with Gasteiger partial charge in [0.2, 0.25) is 0 Å². The highest BCUT2D eigenvalue weighted by atomic mass is 32.2. The molecule has 100 valence electrons. The summed E-state index contributed by atoms with van der Waals surface area (Å²) in [7, 11) is -3.61. The Balaban J connectivity index is 2.40. The summed E-state index contributed by atoms with van der Waals surface area (Å²) in [6, 6.07) is 11.9. The second-order valence-electron chi connectivity index (χ2n) is 4.43. The molecule has 0 aliphatic carbocycles. The highest BCUT2D eigenvalue weighted by molar-refractivity contribution is 7.92. The topological polar surface area (TPSA) is 72.2 Å². The first-order valence-corrected chi connectivity index (χ1v) is 7.33. The molecular weight excluding hydrogens is 260 g/mol. The Bertz CT molecular complexity index is 672. The molecule has 0 atom stereocenters. The van der Waals surface area contributed by atoms with Gasteiger partial charge in [0.15, 0.2) is 0 Å². The second-order valence-corrected chi connectivity index (χ2v) is 6.11. The van der Waals surface area contributed by atoms with Crippen LogP contribution in [0.4, 0.5) is 11.4 Å². The average molecular weight is 276 g/mol. The lowest BCUT2D eigenvalue weighted by Crippen LogP contribution is -2.13. The number of hydrogen-bond acceptors (Lipinski definition) is 3. The summed E-state index contributed by atoms with van der Waals surface area (Å²) in [6.45, 7) is 3.71. The van der Waals surface area contributed by atoms with Crippen LogP contribution in [0.3, 0.4) is 0 Å². The van der Waals surface area contributed by atoms with Gasteiger partial charge >= 0.3 is 0 Å². The number of nitrogen functional groups attached to an aromatic ring is 1. The Labute approximate surface area is 113 Å². The lowest BCUT2D eigenvalue weighted by Gasteiger charge is -2.11. The van der Waals surface area contributed by atoms with E-state index in [1.54, 1.807) is 30.3 Å². The zero-order valence-electron chi connectivity index (χ0n) is 10.8. The normalized spacial score (nSPS) is 11.3. The van der Waals surface area contributed by atoms with Crippen LogP contribution in [0.1, 0.15) is 11.1 Å². The second kappa shape index (κ2) is 4.93. The lowest BCUT2D eigenvalue weighted by molar-refractivity contribution is 0.601. The maximum Gasteiger partial charge on any atom is 0.261 e. The van der Waals surface area contributed by atoms with Gasteiger partial charge in [-0.1, -0.05) is 18.2 Å². The SMILES string of the molecule is Cc1cc(S(=O)(=O)Nc2ccccc2)cc(N)c1C. The van der Waals surface area contributed by atoms with Crippen molar-refractivity contribution in [1.29, 1.82) is 0 Å². The molecule has 0 saturated heterocycles. The molecule has 0 aliphatic rings. The third-order valence-corrected chi connectivity index (χ3v) is 4.38. The number of anilines is 2. The average Bonchev–Trinajstić information content (AvgIpc) is 2.36. The van der Waals surface area contributed by atoms with E-state index in [0.717, 1.165) is 11.1 Å². The number of sulfonamides is 1. The molecule has 0 amide bonds. The Morgan fingerprint density at radius 2 is 1.68 bits per heavy atom. The van der Waals surface area contributed by atoms with Crippen molar-refractivity contribution in [1.82, 2.24) is 0 Å². The molecule has 5 heteroatoms. The molecule has 0 saturated carbocycles. The van der Waals surface area contributed by atoms with Crippen molar-refractivity contribution >= 4 is 21.4 Å². The summed E-state index contributed by atoms with van der Waals surface area (Å²) in [5.41, 5.74) is 8.58. The summed E-state index contributed by atoms with van der Waals surface area (Å²) in [5, 5.41) is 0. The van der Waals surface area contributed by atoms with E-state index in [4.69, 9.17) is 5.73 Å². The van der Waals surface area contributed by atoms with E-state index in [1.165, 1.54) is 6.07 Å². The van der Waals surface area contributed by atoms with Gasteiger partial charge in [0.25, 0.3) is 10.0 Å². The molecule has 0 bridgehead atoms. The van der Waals surface area contributed by atoms with E-state index < -0.39 is 10.0 Å². The number of benzene rings is 2. The number of nitrogens with two attached hydrogens (primary N) is 1. The zero-order valence-corrected chi connectivity index (χ0v) is 11.7. The summed E-state index contributed by atoms with van der Waals surface area (Å²) in [4.78, 5) is 0.178. The molecule has 3 N–H and O–H groups in total. The first-order chi connectivity index (χ1) is 8.90. The van der Waals surface area contributed by atoms with Crippen LogP contribution in [-0.4, -0.2) is 8.42 Å². The fourth-order valence-corrected chi connectivity index (χ4v) is 2.91. The van der Waals surface area contributed by atoms with Crippen LogP contribution in [0.5, 0.6) is 0 Å². The molecule has 2 aromatic rings. The molecule has 0 heterocycles. The highest BCUT2D eigenvalue weighted by Gasteiger charge is 2.16. The fourth-order valence-electron chi connectivity index (χ4n) is 1.73. The molecule has 0 aromatic heterocycles. The zero-order chi connectivity index (χ0) is 14.0. The fraction of sp³-hybridized carbons (Fsp3) is 0.143. The van der Waals surface area contributed by atoms with E-state index >= 15 is 0 Å². The molecule has 0 radical (unpaired) electrons. The standard InChI is InChI=1S/C14H16N2O2S/c1-10-8-13(9-14(15)11(10)2)19(17,18)16-12-6-4-3-5-7-12/h3-9,16H,15H2,1-2H3. The molecule has 0 aliphatic heterocycles. The van der Waals surface area contributed by atoms with E-state index in [1.807, 2.05) is 19.9 Å². The molecule has 19 heavy (non-hydrogen) atoms. The predicted molar refractivity (Wildman–Crippen MR) is 77.6 cm³/mol. The van der Waals surface area contributed by atoms with Crippen molar-refractivity contribution in [2.75, 3.05) is 10.5 Å². The van der Waals surface area contributed by atoms with E-state index in [9.17, 15) is 8.42 Å². The van der Waals surface area contributed by atoms with Gasteiger partial charge in [-0.05, 0) is 49.2 Å². The van der Waals surface area contributed by atoms with Gasteiger partial charge in [-0.3, -0.25) is 4.72 Å². The van der Waals surface area contributed by atoms with Crippen LogP contribution < -0.4 is 10.5 Å². The maximum absolute atomic E-state index is 12.3. The van der Waals surface area contributed by atoms with E-state index in [-0.39, 0.29) is 4.90 Å². The Morgan fingerprint density at radius 1 is 1.05 bits per heavy atom. The number of rotatable bonds is 3. The largest absolute Gasteiger partial charge is 0.398 e. The highest BCUT2D eigenvalue weighted by Crippen LogP contribution is 2.23. The molecule has 0 fully saturated rings. The number of nitrogens with one attached hydrogen (secondary N) is 1. The van der Waals surface area contributed by atoms with E-state index in [0.29, 0.717) is 11.4 Å². The summed E-state index contributed by atoms with van der Waals surface area (Å²) in [5.74, 6) is 0. The molecule has 0 spiro atoms. The molecule has 4 nitrogen and oxygen atoms in total. The van der Waals surface area contributed by atoms with Crippen molar-refractivity contribution in [2.45, 2.75) is 18.7 Å². The van der Waals surface area contributed by atoms with Gasteiger partial charge in [0.1, 0.15) is 0 Å². The monoisotopic (exact) mass is 276 g/mol. The van der Waals surface area contributed by atoms with Gasteiger partial charge in [0.05, 0.1) is 4.90 Å². The van der Waals surface area contributed by atoms with Gasteiger partial charge < -0.3 is 5.73 Å². The molecular formula is C14H16N2O2S. The van der Waals surface area contributed by atoms with Crippen LogP contribution in [0.2, 0.25) is 0 Å². The maximum atomic E-state index is 12.3. The minimum atomic E-state index is -3.61. The van der Waals surface area contributed by atoms with Gasteiger partial charge in [-0.2, -0.15) is 0 Å². The van der Waals surface area contributed by atoms with Crippen LogP contribution in [0.15, 0.2) is 47.4 Å². The third-order valence-electron chi connectivity index (χ3n) is 3.02. The molecule has 2 rings (SSSR count).